The van der Waals surface area contributed by atoms with Crippen LogP contribution in [0, 0.1) is 0 Å². The zero-order valence-electron chi connectivity index (χ0n) is 14.4. The summed E-state index contributed by atoms with van der Waals surface area (Å²) in [7, 11) is 1.66. The monoisotopic (exact) mass is 341 g/mol. The third-order valence-corrected chi connectivity index (χ3v) is 4.70. The van der Waals surface area contributed by atoms with Crippen LogP contribution < -0.4 is 10.1 Å². The number of carbonyl (C=O) groups excluding carboxylic acids is 1. The molecule has 1 amide bonds. The van der Waals surface area contributed by atoms with Gasteiger partial charge in [-0.25, -0.2) is 0 Å². The minimum absolute atomic E-state index is 0.112. The van der Waals surface area contributed by atoms with Crippen molar-refractivity contribution in [3.05, 3.63) is 60.1 Å². The first-order valence-corrected chi connectivity index (χ1v) is 8.44. The summed E-state index contributed by atoms with van der Waals surface area (Å²) in [5.74, 6) is 1.36. The summed E-state index contributed by atoms with van der Waals surface area (Å²) in [6, 6.07) is 11.7. The van der Waals surface area contributed by atoms with Crippen molar-refractivity contribution < 1.29 is 18.7 Å². The second-order valence-corrected chi connectivity index (χ2v) is 6.19. The fourth-order valence-corrected chi connectivity index (χ4v) is 3.13. The van der Waals surface area contributed by atoms with Gasteiger partial charge in [-0.3, -0.25) is 4.79 Å². The van der Waals surface area contributed by atoms with Gasteiger partial charge in [-0.2, -0.15) is 0 Å². The molecule has 0 aliphatic carbocycles. The van der Waals surface area contributed by atoms with E-state index in [1.165, 1.54) is 11.6 Å². The maximum atomic E-state index is 12.2. The summed E-state index contributed by atoms with van der Waals surface area (Å²) in [5, 5.41) is 3.03. The van der Waals surface area contributed by atoms with E-state index < -0.39 is 0 Å². The van der Waals surface area contributed by atoms with E-state index in [9.17, 15) is 4.79 Å². The van der Waals surface area contributed by atoms with Crippen molar-refractivity contribution in [2.45, 2.75) is 18.3 Å². The predicted molar refractivity (Wildman–Crippen MR) is 95.5 cm³/mol. The lowest BCUT2D eigenvalue weighted by Gasteiger charge is -2.38. The number of amides is 1. The summed E-state index contributed by atoms with van der Waals surface area (Å²) in [5.41, 5.74) is 1.09. The van der Waals surface area contributed by atoms with Crippen LogP contribution in [0.15, 0.2) is 53.2 Å². The maximum absolute atomic E-state index is 12.2. The molecule has 2 aromatic rings. The van der Waals surface area contributed by atoms with Crippen LogP contribution in [-0.4, -0.2) is 32.8 Å². The van der Waals surface area contributed by atoms with Gasteiger partial charge < -0.3 is 19.2 Å². The number of benzene rings is 1. The number of ether oxygens (including phenoxy) is 2. The highest BCUT2D eigenvalue weighted by atomic mass is 16.5. The summed E-state index contributed by atoms with van der Waals surface area (Å²) < 4.78 is 16.0. The standard InChI is InChI=1S/C20H23NO4/c1-23-17-6-4-16(5-7-17)20(10-13-24-14-11-20)15-21-19(22)9-8-18-3-2-12-25-18/h2-9,12H,10-11,13-15H2,1H3,(H,21,22)/b9-8+. The number of hydrogen-bond donors (Lipinski definition) is 1. The topological polar surface area (TPSA) is 60.7 Å². The molecule has 0 radical (unpaired) electrons. The molecule has 25 heavy (non-hydrogen) atoms. The number of nitrogens with one attached hydrogen (secondary N) is 1. The fraction of sp³-hybridized carbons (Fsp3) is 0.350. The average Bonchev–Trinajstić information content (AvgIpc) is 3.19. The molecule has 2 heterocycles. The molecule has 0 bridgehead atoms. The van der Waals surface area contributed by atoms with Gasteiger partial charge >= 0.3 is 0 Å². The summed E-state index contributed by atoms with van der Waals surface area (Å²) in [6.45, 7) is 1.97. The molecule has 1 aromatic carbocycles. The number of carbonyl (C=O) groups is 1. The molecule has 5 nitrogen and oxygen atoms in total. The summed E-state index contributed by atoms with van der Waals surface area (Å²) in [6.07, 6.45) is 6.50. The predicted octanol–water partition coefficient (Wildman–Crippen LogP) is 3.17. The van der Waals surface area contributed by atoms with Crippen LogP contribution in [0.5, 0.6) is 5.75 Å². The quantitative estimate of drug-likeness (QED) is 0.820. The Labute approximate surface area is 147 Å². The Morgan fingerprint density at radius 3 is 2.64 bits per heavy atom. The lowest BCUT2D eigenvalue weighted by molar-refractivity contribution is -0.116. The molecule has 0 atom stereocenters. The van der Waals surface area contributed by atoms with Crippen LogP contribution in [-0.2, 0) is 14.9 Å². The van der Waals surface area contributed by atoms with Crippen molar-refractivity contribution >= 4 is 12.0 Å². The molecule has 1 aliphatic heterocycles. The first-order chi connectivity index (χ1) is 12.2. The second kappa shape index (κ2) is 8.03. The van der Waals surface area contributed by atoms with Gasteiger partial charge in [0.05, 0.1) is 13.4 Å². The van der Waals surface area contributed by atoms with Gasteiger partial charge in [0.2, 0.25) is 5.91 Å². The van der Waals surface area contributed by atoms with Gasteiger partial charge in [-0.15, -0.1) is 0 Å². The molecular formula is C20H23NO4. The first kappa shape index (κ1) is 17.3. The number of hydrogen-bond acceptors (Lipinski definition) is 4. The Balaban J connectivity index is 1.68. The Bertz CT molecular complexity index is 698. The van der Waals surface area contributed by atoms with Crippen molar-refractivity contribution in [2.75, 3.05) is 26.9 Å². The van der Waals surface area contributed by atoms with Crippen molar-refractivity contribution in [3.63, 3.8) is 0 Å². The molecular weight excluding hydrogens is 318 g/mol. The van der Waals surface area contributed by atoms with E-state index in [0.717, 1.165) is 18.6 Å². The molecule has 3 rings (SSSR count). The van der Waals surface area contributed by atoms with E-state index in [-0.39, 0.29) is 11.3 Å². The molecule has 0 unspecified atom stereocenters. The number of furan rings is 1. The molecule has 1 aromatic heterocycles. The maximum Gasteiger partial charge on any atom is 0.244 e. The zero-order chi connectivity index (χ0) is 17.5. The Morgan fingerprint density at radius 1 is 1.24 bits per heavy atom. The smallest absolute Gasteiger partial charge is 0.244 e. The average molecular weight is 341 g/mol. The van der Waals surface area contributed by atoms with Crippen LogP contribution in [0.4, 0.5) is 0 Å². The van der Waals surface area contributed by atoms with Gasteiger partial charge in [0.1, 0.15) is 11.5 Å². The van der Waals surface area contributed by atoms with E-state index >= 15 is 0 Å². The number of rotatable bonds is 6. The highest BCUT2D eigenvalue weighted by Gasteiger charge is 2.34. The lowest BCUT2D eigenvalue weighted by atomic mass is 9.74. The van der Waals surface area contributed by atoms with Crippen LogP contribution in [0.2, 0.25) is 0 Å². The van der Waals surface area contributed by atoms with Gasteiger partial charge in [-0.05, 0) is 48.7 Å². The minimum atomic E-state index is -0.129. The van der Waals surface area contributed by atoms with Crippen LogP contribution in [0.25, 0.3) is 6.08 Å². The van der Waals surface area contributed by atoms with E-state index in [2.05, 4.69) is 17.4 Å². The third-order valence-electron chi connectivity index (χ3n) is 4.70. The SMILES string of the molecule is COc1ccc(C2(CNC(=O)/C=C/c3ccco3)CCOCC2)cc1. The van der Waals surface area contributed by atoms with Crippen molar-refractivity contribution in [1.82, 2.24) is 5.32 Å². The van der Waals surface area contributed by atoms with Gasteiger partial charge in [0, 0.05) is 31.2 Å². The van der Waals surface area contributed by atoms with Crippen molar-refractivity contribution in [3.8, 4) is 5.75 Å². The zero-order valence-corrected chi connectivity index (χ0v) is 14.4. The molecule has 1 saturated heterocycles. The van der Waals surface area contributed by atoms with Gasteiger partial charge in [-0.1, -0.05) is 12.1 Å². The lowest BCUT2D eigenvalue weighted by Crippen LogP contribution is -2.44. The van der Waals surface area contributed by atoms with Crippen LogP contribution in [0.1, 0.15) is 24.2 Å². The molecule has 0 saturated carbocycles. The highest BCUT2D eigenvalue weighted by molar-refractivity contribution is 5.91. The normalized spacial score (nSPS) is 16.7. The minimum Gasteiger partial charge on any atom is -0.497 e. The van der Waals surface area contributed by atoms with Crippen LogP contribution in [0.3, 0.4) is 0 Å². The van der Waals surface area contributed by atoms with Crippen molar-refractivity contribution in [1.29, 1.82) is 0 Å². The van der Waals surface area contributed by atoms with Crippen LogP contribution >= 0.6 is 0 Å². The van der Waals surface area contributed by atoms with E-state index in [1.54, 1.807) is 31.6 Å². The Kier molecular flexibility index (Phi) is 5.56. The van der Waals surface area contributed by atoms with E-state index in [1.807, 2.05) is 12.1 Å². The molecule has 1 N–H and O–H groups in total. The fourth-order valence-electron chi connectivity index (χ4n) is 3.13. The first-order valence-electron chi connectivity index (χ1n) is 8.44. The molecule has 1 aliphatic rings. The van der Waals surface area contributed by atoms with Gasteiger partial charge in [0.25, 0.3) is 0 Å². The molecule has 5 heteroatoms. The third kappa shape index (κ3) is 4.31. The largest absolute Gasteiger partial charge is 0.497 e. The van der Waals surface area contributed by atoms with Crippen molar-refractivity contribution in [2.24, 2.45) is 0 Å². The van der Waals surface area contributed by atoms with Gasteiger partial charge in [0.15, 0.2) is 0 Å². The Morgan fingerprint density at radius 2 is 2.00 bits per heavy atom. The molecule has 1 fully saturated rings. The summed E-state index contributed by atoms with van der Waals surface area (Å²) >= 11 is 0. The number of methoxy groups -OCH3 is 1. The highest BCUT2D eigenvalue weighted by Crippen LogP contribution is 2.35. The van der Waals surface area contributed by atoms with E-state index in [4.69, 9.17) is 13.9 Å². The molecule has 132 valence electrons. The Hall–Kier alpha value is -2.53. The second-order valence-electron chi connectivity index (χ2n) is 6.19. The van der Waals surface area contributed by atoms with E-state index in [0.29, 0.717) is 25.5 Å². The molecule has 0 spiro atoms. The summed E-state index contributed by atoms with van der Waals surface area (Å²) in [4.78, 5) is 12.2.